The number of ether oxygens (including phenoxy) is 1. The van der Waals surface area contributed by atoms with Crippen molar-refractivity contribution in [2.75, 3.05) is 13.2 Å². The van der Waals surface area contributed by atoms with Crippen molar-refractivity contribution in [1.82, 2.24) is 0 Å². The average molecular weight is 115 g/mol. The van der Waals surface area contributed by atoms with Gasteiger partial charge in [-0.1, -0.05) is 0 Å². The molecule has 0 spiro atoms. The molecule has 0 radical (unpaired) electrons. The molecule has 1 aliphatic heterocycles. The van der Waals surface area contributed by atoms with E-state index in [1.165, 1.54) is 12.8 Å². The van der Waals surface area contributed by atoms with Gasteiger partial charge in [-0.15, -0.1) is 0 Å². The van der Waals surface area contributed by atoms with Gasteiger partial charge in [0.25, 0.3) is 0 Å². The normalized spacial score (nSPS) is 23.6. The lowest BCUT2D eigenvalue weighted by atomic mass is 10.1. The first kappa shape index (κ1) is 6.05. The van der Waals surface area contributed by atoms with Crippen LogP contribution in [0.3, 0.4) is 0 Å². The van der Waals surface area contributed by atoms with Gasteiger partial charge in [0.15, 0.2) is 0 Å². The molecule has 0 unspecified atom stereocenters. The van der Waals surface area contributed by atoms with E-state index in [2.05, 4.69) is 7.05 Å². The van der Waals surface area contributed by atoms with Crippen LogP contribution in [0.15, 0.2) is 0 Å². The van der Waals surface area contributed by atoms with E-state index < -0.39 is 0 Å². The van der Waals surface area contributed by atoms with Gasteiger partial charge in [-0.3, -0.25) is 0 Å². The second-order valence-electron chi connectivity index (χ2n) is 2.19. The first-order chi connectivity index (χ1) is 3.93. The van der Waals surface area contributed by atoms with Crippen molar-refractivity contribution in [3.05, 3.63) is 7.05 Å². The predicted octanol–water partition coefficient (Wildman–Crippen LogP) is -0.480. The van der Waals surface area contributed by atoms with Crippen molar-refractivity contribution in [3.63, 3.8) is 0 Å². The van der Waals surface area contributed by atoms with Gasteiger partial charge < -0.3 is 10.1 Å². The Morgan fingerprint density at radius 3 is 2.38 bits per heavy atom. The molecule has 1 heterocycles. The Bertz CT molecular complexity index is 59.5. The van der Waals surface area contributed by atoms with Gasteiger partial charge in [0.1, 0.15) is 0 Å². The lowest BCUT2D eigenvalue weighted by Gasteiger charge is -2.20. The second-order valence-corrected chi connectivity index (χ2v) is 2.19. The molecule has 48 valence electrons. The van der Waals surface area contributed by atoms with Crippen molar-refractivity contribution in [2.45, 2.75) is 18.9 Å². The Morgan fingerprint density at radius 2 is 2.00 bits per heavy atom. The first-order valence-corrected chi connectivity index (χ1v) is 3.14. The summed E-state index contributed by atoms with van der Waals surface area (Å²) in [7, 11) is 3.73. The highest BCUT2D eigenvalue weighted by molar-refractivity contribution is 4.58. The fourth-order valence-electron chi connectivity index (χ4n) is 0.952. The largest absolute Gasteiger partial charge is 0.476 e. The predicted molar refractivity (Wildman–Crippen MR) is 31.1 cm³/mol. The van der Waals surface area contributed by atoms with Crippen LogP contribution in [-0.2, 0) is 4.74 Å². The quantitative estimate of drug-likeness (QED) is 0.459. The Morgan fingerprint density at radius 1 is 1.38 bits per heavy atom. The van der Waals surface area contributed by atoms with Crippen LogP contribution in [0.1, 0.15) is 12.8 Å². The molecule has 0 atom stereocenters. The SMILES string of the molecule is [CH2-][NH2+]C1CCOCC1. The Hall–Kier alpha value is -0.0800. The molecular formula is C6H13NO. The van der Waals surface area contributed by atoms with Gasteiger partial charge in [0.05, 0.1) is 19.3 Å². The zero-order valence-electron chi connectivity index (χ0n) is 5.10. The van der Waals surface area contributed by atoms with E-state index in [9.17, 15) is 0 Å². The Kier molecular flexibility index (Phi) is 2.30. The van der Waals surface area contributed by atoms with E-state index in [1.807, 2.05) is 5.32 Å². The second kappa shape index (κ2) is 3.05. The zero-order valence-corrected chi connectivity index (χ0v) is 5.10. The van der Waals surface area contributed by atoms with E-state index in [-0.39, 0.29) is 0 Å². The van der Waals surface area contributed by atoms with Gasteiger partial charge in [-0.25, -0.2) is 0 Å². The summed E-state index contributed by atoms with van der Waals surface area (Å²) in [4.78, 5) is 0. The molecule has 0 saturated carbocycles. The highest BCUT2D eigenvalue weighted by Crippen LogP contribution is 2.00. The third-order valence-corrected chi connectivity index (χ3v) is 1.60. The van der Waals surface area contributed by atoms with Gasteiger partial charge >= 0.3 is 0 Å². The fraction of sp³-hybridized carbons (Fsp3) is 0.833. The summed E-state index contributed by atoms with van der Waals surface area (Å²) in [5.41, 5.74) is 0. The van der Waals surface area contributed by atoms with Gasteiger partial charge in [-0.2, -0.15) is 7.05 Å². The highest BCUT2D eigenvalue weighted by atomic mass is 16.5. The number of nitrogens with two attached hydrogens (primary N) is 1. The van der Waals surface area contributed by atoms with Gasteiger partial charge in [-0.05, 0) is 0 Å². The molecule has 0 aromatic rings. The number of rotatable bonds is 1. The molecule has 2 N–H and O–H groups in total. The number of hydrogen-bond acceptors (Lipinski definition) is 1. The molecule has 2 nitrogen and oxygen atoms in total. The number of hydrogen-bond donors (Lipinski definition) is 1. The molecule has 0 amide bonds. The van der Waals surface area contributed by atoms with E-state index in [4.69, 9.17) is 4.74 Å². The third kappa shape index (κ3) is 1.46. The van der Waals surface area contributed by atoms with E-state index in [0.717, 1.165) is 19.3 Å². The van der Waals surface area contributed by atoms with E-state index in [1.54, 1.807) is 0 Å². The average Bonchev–Trinajstić information content (AvgIpc) is 1.90. The minimum Gasteiger partial charge on any atom is -0.476 e. The van der Waals surface area contributed by atoms with Crippen molar-refractivity contribution in [2.24, 2.45) is 0 Å². The highest BCUT2D eigenvalue weighted by Gasteiger charge is 2.11. The summed E-state index contributed by atoms with van der Waals surface area (Å²) in [6.45, 7) is 1.85. The van der Waals surface area contributed by atoms with Crippen molar-refractivity contribution >= 4 is 0 Å². The molecule has 0 aliphatic carbocycles. The third-order valence-electron chi connectivity index (χ3n) is 1.60. The summed E-state index contributed by atoms with van der Waals surface area (Å²) in [5.74, 6) is 0. The topological polar surface area (TPSA) is 25.8 Å². The van der Waals surface area contributed by atoms with E-state index in [0.29, 0.717) is 0 Å². The molecular weight excluding hydrogens is 102 g/mol. The molecule has 1 fully saturated rings. The van der Waals surface area contributed by atoms with Gasteiger partial charge in [0.2, 0.25) is 0 Å². The molecule has 1 aliphatic rings. The maximum absolute atomic E-state index is 5.15. The Balaban J connectivity index is 2.13. The zero-order chi connectivity index (χ0) is 5.82. The lowest BCUT2D eigenvalue weighted by molar-refractivity contribution is -0.638. The summed E-state index contributed by atoms with van der Waals surface area (Å²) < 4.78 is 5.15. The van der Waals surface area contributed by atoms with Crippen LogP contribution in [0, 0.1) is 7.05 Å². The van der Waals surface area contributed by atoms with Crippen LogP contribution in [0.2, 0.25) is 0 Å². The number of quaternary nitrogens is 1. The summed E-state index contributed by atoms with van der Waals surface area (Å²) in [5, 5.41) is 2.03. The van der Waals surface area contributed by atoms with Gasteiger partial charge in [0, 0.05) is 12.8 Å². The van der Waals surface area contributed by atoms with Crippen LogP contribution >= 0.6 is 0 Å². The van der Waals surface area contributed by atoms with Crippen molar-refractivity contribution < 1.29 is 10.1 Å². The molecule has 0 aromatic carbocycles. The van der Waals surface area contributed by atoms with Crippen LogP contribution in [0.5, 0.6) is 0 Å². The van der Waals surface area contributed by atoms with Crippen molar-refractivity contribution in [1.29, 1.82) is 0 Å². The van der Waals surface area contributed by atoms with Crippen LogP contribution in [-0.4, -0.2) is 19.3 Å². The summed E-state index contributed by atoms with van der Waals surface area (Å²) >= 11 is 0. The minimum atomic E-state index is 0.726. The minimum absolute atomic E-state index is 0.726. The standard InChI is InChI=1S/C6H13NO/c1-7-6-2-4-8-5-3-6/h6H,1-5,7H2. The maximum Gasteiger partial charge on any atom is 0.0664 e. The molecule has 0 bridgehead atoms. The first-order valence-electron chi connectivity index (χ1n) is 3.14. The summed E-state index contributed by atoms with van der Waals surface area (Å²) in [6.07, 6.45) is 2.34. The smallest absolute Gasteiger partial charge is 0.0664 e. The molecule has 1 saturated heterocycles. The van der Waals surface area contributed by atoms with E-state index >= 15 is 0 Å². The van der Waals surface area contributed by atoms with Crippen molar-refractivity contribution in [3.8, 4) is 0 Å². The monoisotopic (exact) mass is 115 g/mol. The maximum atomic E-state index is 5.15. The van der Waals surface area contributed by atoms with Crippen LogP contribution < -0.4 is 5.32 Å². The summed E-state index contributed by atoms with van der Waals surface area (Å²) in [6, 6.07) is 0.726. The molecule has 2 heteroatoms. The van der Waals surface area contributed by atoms with Crippen LogP contribution in [0.25, 0.3) is 0 Å². The van der Waals surface area contributed by atoms with Crippen LogP contribution in [0.4, 0.5) is 0 Å². The lowest BCUT2D eigenvalue weighted by Crippen LogP contribution is -2.84. The molecule has 0 aromatic heterocycles. The fourth-order valence-corrected chi connectivity index (χ4v) is 0.952. The molecule has 1 rings (SSSR count). The molecule has 8 heavy (non-hydrogen) atoms. The Labute approximate surface area is 50.2 Å².